The van der Waals surface area contributed by atoms with Gasteiger partial charge >= 0.3 is 5.97 Å². The van der Waals surface area contributed by atoms with Crippen LogP contribution in [0.1, 0.15) is 31.1 Å². The number of ether oxygens (including phenoxy) is 1. The smallest absolute Gasteiger partial charge is 0.356 e. The monoisotopic (exact) mass is 329 g/mol. The highest BCUT2D eigenvalue weighted by Crippen LogP contribution is 2.27. The molecular weight excluding hydrogens is 310 g/mol. The first-order chi connectivity index (χ1) is 10.9. The molecule has 0 saturated carbocycles. The molecular formula is C18H19NO3S. The number of allylic oxidation sites excluding steroid dienone is 3. The van der Waals surface area contributed by atoms with Crippen LogP contribution in [0.25, 0.3) is 0 Å². The summed E-state index contributed by atoms with van der Waals surface area (Å²) in [5.41, 5.74) is 0.239. The zero-order chi connectivity index (χ0) is 16.9. The van der Waals surface area contributed by atoms with Crippen molar-refractivity contribution >= 4 is 22.8 Å². The first kappa shape index (κ1) is 17.1. The van der Waals surface area contributed by atoms with Gasteiger partial charge in [0.05, 0.1) is 0 Å². The molecule has 23 heavy (non-hydrogen) atoms. The zero-order valence-corrected chi connectivity index (χ0v) is 14.1. The Morgan fingerprint density at radius 2 is 1.78 bits per heavy atom. The van der Waals surface area contributed by atoms with Gasteiger partial charge in [0, 0.05) is 16.7 Å². The minimum atomic E-state index is -0.606. The highest BCUT2D eigenvalue weighted by Gasteiger charge is 2.24. The molecule has 0 spiro atoms. The van der Waals surface area contributed by atoms with Crippen molar-refractivity contribution in [1.29, 1.82) is 0 Å². The molecule has 1 heterocycles. The summed E-state index contributed by atoms with van der Waals surface area (Å²) < 4.78 is 5.40. The van der Waals surface area contributed by atoms with Crippen LogP contribution in [-0.2, 0) is 9.53 Å². The standard InChI is InChI=1S/C18H19NO3S/c1-18(2,3)22-16(20)15-14(11-7-8-12-19-15)23-17(21)13-9-5-4-6-10-13/h4-12,19H,1-3H3. The molecule has 5 heteroatoms. The summed E-state index contributed by atoms with van der Waals surface area (Å²) in [6.45, 7) is 5.40. The topological polar surface area (TPSA) is 55.4 Å². The van der Waals surface area contributed by atoms with Crippen molar-refractivity contribution in [1.82, 2.24) is 5.32 Å². The van der Waals surface area contributed by atoms with E-state index in [0.717, 1.165) is 11.8 Å². The van der Waals surface area contributed by atoms with Crippen molar-refractivity contribution in [2.75, 3.05) is 0 Å². The van der Waals surface area contributed by atoms with Crippen LogP contribution in [0.4, 0.5) is 0 Å². The van der Waals surface area contributed by atoms with E-state index in [-0.39, 0.29) is 10.8 Å². The van der Waals surface area contributed by atoms with Gasteiger partial charge in [-0.25, -0.2) is 4.79 Å². The molecule has 0 fully saturated rings. The number of benzene rings is 1. The molecule has 0 aliphatic carbocycles. The maximum Gasteiger partial charge on any atom is 0.356 e. The van der Waals surface area contributed by atoms with Crippen LogP contribution < -0.4 is 5.32 Å². The molecule has 0 atom stereocenters. The molecule has 1 aliphatic heterocycles. The Bertz CT molecular complexity index is 682. The first-order valence-corrected chi connectivity index (χ1v) is 8.03. The molecule has 1 aromatic rings. The van der Waals surface area contributed by atoms with Gasteiger partial charge in [-0.1, -0.05) is 36.4 Å². The molecule has 0 bridgehead atoms. The van der Waals surface area contributed by atoms with E-state index in [1.807, 2.05) is 6.07 Å². The van der Waals surface area contributed by atoms with Crippen molar-refractivity contribution < 1.29 is 14.3 Å². The summed E-state index contributed by atoms with van der Waals surface area (Å²) in [4.78, 5) is 25.3. The van der Waals surface area contributed by atoms with E-state index in [9.17, 15) is 9.59 Å². The summed E-state index contributed by atoms with van der Waals surface area (Å²) in [7, 11) is 0. The molecule has 0 saturated heterocycles. The van der Waals surface area contributed by atoms with Gasteiger partial charge < -0.3 is 10.1 Å². The molecule has 0 aromatic heterocycles. The van der Waals surface area contributed by atoms with Crippen molar-refractivity contribution in [3.8, 4) is 0 Å². The third kappa shape index (κ3) is 5.14. The third-order valence-corrected chi connectivity index (χ3v) is 3.73. The maximum absolute atomic E-state index is 12.4. The fourth-order valence-electron chi connectivity index (χ4n) is 1.79. The SMILES string of the molecule is CC(C)(C)OC(=O)C1=C(SC(=O)c2ccccc2)C=CC=CN1. The average Bonchev–Trinajstić information content (AvgIpc) is 2.72. The lowest BCUT2D eigenvalue weighted by Crippen LogP contribution is -2.28. The molecule has 1 aromatic carbocycles. The van der Waals surface area contributed by atoms with Crippen molar-refractivity contribution in [2.45, 2.75) is 26.4 Å². The highest BCUT2D eigenvalue weighted by molar-refractivity contribution is 8.17. The number of rotatable bonds is 3. The lowest BCUT2D eigenvalue weighted by molar-refractivity contribution is -0.150. The van der Waals surface area contributed by atoms with Crippen LogP contribution in [0.2, 0.25) is 0 Å². The maximum atomic E-state index is 12.4. The molecule has 2 rings (SSSR count). The quantitative estimate of drug-likeness (QED) is 0.855. The fraction of sp³-hybridized carbons (Fsp3) is 0.222. The molecule has 1 N–H and O–H groups in total. The zero-order valence-electron chi connectivity index (χ0n) is 13.3. The molecule has 120 valence electrons. The van der Waals surface area contributed by atoms with Crippen LogP contribution in [0.15, 0.2) is 65.4 Å². The van der Waals surface area contributed by atoms with E-state index in [2.05, 4.69) is 5.32 Å². The van der Waals surface area contributed by atoms with Gasteiger partial charge in [-0.15, -0.1) is 0 Å². The van der Waals surface area contributed by atoms with Gasteiger partial charge in [-0.3, -0.25) is 4.79 Å². The Balaban J connectivity index is 2.26. The van der Waals surface area contributed by atoms with Gasteiger partial charge in [0.25, 0.3) is 0 Å². The number of carbonyl (C=O) groups is 2. The minimum Gasteiger partial charge on any atom is -0.455 e. The van der Waals surface area contributed by atoms with Gasteiger partial charge in [-0.2, -0.15) is 0 Å². The van der Waals surface area contributed by atoms with Crippen LogP contribution in [0, 0.1) is 0 Å². The number of thioether (sulfide) groups is 1. The second-order valence-corrected chi connectivity index (χ2v) is 6.87. The van der Waals surface area contributed by atoms with Gasteiger partial charge in [0.1, 0.15) is 11.3 Å². The summed E-state index contributed by atoms with van der Waals surface area (Å²) >= 11 is 1.000. The number of carbonyl (C=O) groups excluding carboxylic acids is 2. The minimum absolute atomic E-state index is 0.130. The number of hydrogen-bond acceptors (Lipinski definition) is 5. The Morgan fingerprint density at radius 3 is 2.43 bits per heavy atom. The van der Waals surface area contributed by atoms with E-state index in [1.165, 1.54) is 0 Å². The summed E-state index contributed by atoms with van der Waals surface area (Å²) in [6.07, 6.45) is 6.88. The van der Waals surface area contributed by atoms with Crippen LogP contribution in [0.5, 0.6) is 0 Å². The molecule has 4 nitrogen and oxygen atoms in total. The van der Waals surface area contributed by atoms with Crippen LogP contribution in [0.3, 0.4) is 0 Å². The third-order valence-electron chi connectivity index (χ3n) is 2.74. The van der Waals surface area contributed by atoms with Crippen molar-refractivity contribution in [3.05, 3.63) is 70.9 Å². The highest BCUT2D eigenvalue weighted by atomic mass is 32.2. The first-order valence-electron chi connectivity index (χ1n) is 7.21. The molecule has 1 aliphatic rings. The van der Waals surface area contributed by atoms with E-state index < -0.39 is 11.6 Å². The summed E-state index contributed by atoms with van der Waals surface area (Å²) in [5.74, 6) is -0.489. The second kappa shape index (κ2) is 7.33. The molecule has 0 radical (unpaired) electrons. The largest absolute Gasteiger partial charge is 0.455 e. The normalized spacial score (nSPS) is 14.2. The Hall–Kier alpha value is -2.27. The summed E-state index contributed by atoms with van der Waals surface area (Å²) in [6, 6.07) is 8.95. The van der Waals surface area contributed by atoms with E-state index >= 15 is 0 Å². The Morgan fingerprint density at radius 1 is 1.09 bits per heavy atom. The number of hydrogen-bond donors (Lipinski definition) is 1. The van der Waals surface area contributed by atoms with Gasteiger partial charge in [0.2, 0.25) is 5.12 Å². The van der Waals surface area contributed by atoms with E-state index in [0.29, 0.717) is 10.5 Å². The predicted octanol–water partition coefficient (Wildman–Crippen LogP) is 3.79. The number of esters is 1. The van der Waals surface area contributed by atoms with Crippen LogP contribution >= 0.6 is 11.8 Å². The lowest BCUT2D eigenvalue weighted by Gasteiger charge is -2.21. The lowest BCUT2D eigenvalue weighted by atomic mass is 10.2. The van der Waals surface area contributed by atoms with Crippen molar-refractivity contribution in [3.63, 3.8) is 0 Å². The predicted molar refractivity (Wildman–Crippen MR) is 92.7 cm³/mol. The summed E-state index contributed by atoms with van der Waals surface area (Å²) in [5, 5.41) is 2.77. The van der Waals surface area contributed by atoms with Gasteiger partial charge in [0.15, 0.2) is 0 Å². The number of nitrogens with one attached hydrogen (secondary N) is 1. The van der Waals surface area contributed by atoms with E-state index in [4.69, 9.17) is 4.74 Å². The van der Waals surface area contributed by atoms with E-state index in [1.54, 1.807) is 69.5 Å². The second-order valence-electron chi connectivity index (χ2n) is 5.86. The van der Waals surface area contributed by atoms with Gasteiger partial charge in [-0.05, 0) is 44.7 Å². The van der Waals surface area contributed by atoms with Crippen molar-refractivity contribution in [2.24, 2.45) is 0 Å². The Labute approximate surface area is 140 Å². The fourth-order valence-corrected chi connectivity index (χ4v) is 2.64. The molecule has 0 unspecified atom stereocenters. The Kier molecular flexibility index (Phi) is 5.45. The molecule has 0 amide bonds. The average molecular weight is 329 g/mol. The van der Waals surface area contributed by atoms with Crippen LogP contribution in [-0.4, -0.2) is 16.7 Å².